The van der Waals surface area contributed by atoms with Crippen molar-refractivity contribution in [1.82, 2.24) is 20.4 Å². The van der Waals surface area contributed by atoms with Gasteiger partial charge >= 0.3 is 0 Å². The van der Waals surface area contributed by atoms with Crippen molar-refractivity contribution in [2.75, 3.05) is 45.8 Å². The maximum Gasteiger partial charge on any atom is 0.222 e. The summed E-state index contributed by atoms with van der Waals surface area (Å²) < 4.78 is 0. The van der Waals surface area contributed by atoms with Crippen LogP contribution in [-0.2, 0) is 9.59 Å². The van der Waals surface area contributed by atoms with Gasteiger partial charge in [-0.2, -0.15) is 0 Å². The molecule has 0 aromatic carbocycles. The highest BCUT2D eigenvalue weighted by molar-refractivity contribution is 14.0. The van der Waals surface area contributed by atoms with E-state index >= 15 is 0 Å². The standard InChI is InChI=1S/C22H43N5O2.HI/c1-6-23-22(25-17-19(4)5)24-11-9-7-8-10-20(28)26-12-14-27(15-13-26)21(29)16-18(2)3;/h18-19H,6-17H2,1-5H3,(H2,23,24,25);1H. The second-order valence-corrected chi connectivity index (χ2v) is 8.71. The Hall–Kier alpha value is -1.06. The minimum Gasteiger partial charge on any atom is -0.357 e. The van der Waals surface area contributed by atoms with Gasteiger partial charge in [0, 0.05) is 58.7 Å². The summed E-state index contributed by atoms with van der Waals surface area (Å²) in [5.41, 5.74) is 0. The first-order chi connectivity index (χ1) is 13.8. The summed E-state index contributed by atoms with van der Waals surface area (Å²) in [6.07, 6.45) is 4.15. The number of amides is 2. The molecule has 0 aliphatic carbocycles. The highest BCUT2D eigenvalue weighted by atomic mass is 127. The van der Waals surface area contributed by atoms with Gasteiger partial charge in [0.05, 0.1) is 0 Å². The first-order valence-electron chi connectivity index (χ1n) is 11.4. The van der Waals surface area contributed by atoms with Crippen molar-refractivity contribution in [3.05, 3.63) is 0 Å². The molecule has 0 bridgehead atoms. The third-order valence-corrected chi connectivity index (χ3v) is 4.89. The Labute approximate surface area is 200 Å². The molecule has 7 nitrogen and oxygen atoms in total. The first kappa shape index (κ1) is 28.9. The first-order valence-corrected chi connectivity index (χ1v) is 11.4. The SMILES string of the molecule is CCNC(=NCC(C)C)NCCCCCC(=O)N1CCN(C(=O)CC(C)C)CC1.I. The Morgan fingerprint density at radius 2 is 1.47 bits per heavy atom. The molecule has 8 heteroatoms. The third-order valence-electron chi connectivity index (χ3n) is 4.89. The van der Waals surface area contributed by atoms with Crippen LogP contribution in [0.5, 0.6) is 0 Å². The number of hydrogen-bond acceptors (Lipinski definition) is 3. The number of piperazine rings is 1. The summed E-state index contributed by atoms with van der Waals surface area (Å²) in [5, 5.41) is 6.62. The van der Waals surface area contributed by atoms with E-state index in [2.05, 4.69) is 50.2 Å². The van der Waals surface area contributed by atoms with E-state index in [1.54, 1.807) is 0 Å². The predicted molar refractivity (Wildman–Crippen MR) is 135 cm³/mol. The maximum absolute atomic E-state index is 12.4. The fraction of sp³-hybridized carbons (Fsp3) is 0.864. The average Bonchev–Trinajstić information content (AvgIpc) is 2.67. The molecular weight excluding hydrogens is 493 g/mol. The summed E-state index contributed by atoms with van der Waals surface area (Å²) in [7, 11) is 0. The summed E-state index contributed by atoms with van der Waals surface area (Å²) in [4.78, 5) is 32.9. The molecule has 0 saturated carbocycles. The molecule has 30 heavy (non-hydrogen) atoms. The van der Waals surface area contributed by atoms with E-state index in [4.69, 9.17) is 0 Å². The Balaban J connectivity index is 0.00000841. The number of carbonyl (C=O) groups is 2. The van der Waals surface area contributed by atoms with Crippen LogP contribution in [0, 0.1) is 11.8 Å². The molecule has 0 atom stereocenters. The Kier molecular flexibility index (Phi) is 16.0. The zero-order valence-corrected chi connectivity index (χ0v) is 22.0. The van der Waals surface area contributed by atoms with Crippen molar-refractivity contribution >= 4 is 41.8 Å². The molecule has 1 heterocycles. The minimum absolute atomic E-state index is 0. The van der Waals surface area contributed by atoms with Crippen LogP contribution in [0.2, 0.25) is 0 Å². The van der Waals surface area contributed by atoms with Crippen LogP contribution in [0.3, 0.4) is 0 Å². The normalized spacial score (nSPS) is 14.7. The molecule has 0 unspecified atom stereocenters. The number of hydrogen-bond donors (Lipinski definition) is 2. The highest BCUT2D eigenvalue weighted by Gasteiger charge is 2.23. The lowest BCUT2D eigenvalue weighted by molar-refractivity contribution is -0.140. The molecule has 2 N–H and O–H groups in total. The van der Waals surface area contributed by atoms with E-state index in [0.717, 1.165) is 44.9 Å². The number of aliphatic imine (C=N–C) groups is 1. The van der Waals surface area contributed by atoms with Crippen molar-refractivity contribution < 1.29 is 9.59 Å². The zero-order chi connectivity index (χ0) is 21.6. The van der Waals surface area contributed by atoms with Crippen molar-refractivity contribution in [3.8, 4) is 0 Å². The molecule has 2 amide bonds. The number of nitrogens with zero attached hydrogens (tertiary/aromatic N) is 3. The van der Waals surface area contributed by atoms with Gasteiger partial charge < -0.3 is 20.4 Å². The second-order valence-electron chi connectivity index (χ2n) is 8.71. The van der Waals surface area contributed by atoms with Crippen LogP contribution in [0.1, 0.15) is 66.7 Å². The fourth-order valence-corrected chi connectivity index (χ4v) is 3.24. The average molecular weight is 538 g/mol. The summed E-state index contributed by atoms with van der Waals surface area (Å²) in [6, 6.07) is 0. The number of carbonyl (C=O) groups excluding carboxylic acids is 2. The second kappa shape index (κ2) is 16.6. The summed E-state index contributed by atoms with van der Waals surface area (Å²) in [6.45, 7) is 15.7. The molecule has 0 radical (unpaired) electrons. The van der Waals surface area contributed by atoms with Crippen molar-refractivity contribution in [2.45, 2.75) is 66.7 Å². The smallest absolute Gasteiger partial charge is 0.222 e. The number of unbranched alkanes of at least 4 members (excludes halogenated alkanes) is 2. The zero-order valence-electron chi connectivity index (χ0n) is 19.7. The van der Waals surface area contributed by atoms with E-state index in [9.17, 15) is 9.59 Å². The lowest BCUT2D eigenvalue weighted by atomic mass is 10.1. The Morgan fingerprint density at radius 1 is 0.867 bits per heavy atom. The summed E-state index contributed by atoms with van der Waals surface area (Å²) >= 11 is 0. The van der Waals surface area contributed by atoms with Gasteiger partial charge in [-0.15, -0.1) is 24.0 Å². The molecule has 0 aromatic heterocycles. The molecule has 1 rings (SSSR count). The van der Waals surface area contributed by atoms with E-state index in [0.29, 0.717) is 50.9 Å². The monoisotopic (exact) mass is 537 g/mol. The van der Waals surface area contributed by atoms with Crippen LogP contribution in [0.15, 0.2) is 4.99 Å². The van der Waals surface area contributed by atoms with Crippen molar-refractivity contribution in [3.63, 3.8) is 0 Å². The van der Waals surface area contributed by atoms with Crippen molar-refractivity contribution in [2.24, 2.45) is 16.8 Å². The van der Waals surface area contributed by atoms with Crippen LogP contribution in [0.25, 0.3) is 0 Å². The van der Waals surface area contributed by atoms with Gasteiger partial charge in [-0.3, -0.25) is 14.6 Å². The van der Waals surface area contributed by atoms with Crippen LogP contribution in [-0.4, -0.2) is 73.4 Å². The predicted octanol–water partition coefficient (Wildman–Crippen LogP) is 3.09. The van der Waals surface area contributed by atoms with E-state index < -0.39 is 0 Å². The molecule has 1 saturated heterocycles. The van der Waals surface area contributed by atoms with E-state index in [-0.39, 0.29) is 35.8 Å². The van der Waals surface area contributed by atoms with Gasteiger partial charge in [0.15, 0.2) is 5.96 Å². The summed E-state index contributed by atoms with van der Waals surface area (Å²) in [5.74, 6) is 2.25. The van der Waals surface area contributed by atoms with Crippen LogP contribution >= 0.6 is 24.0 Å². The van der Waals surface area contributed by atoms with E-state index in [1.165, 1.54) is 0 Å². The van der Waals surface area contributed by atoms with Crippen LogP contribution in [0.4, 0.5) is 0 Å². The lowest BCUT2D eigenvalue weighted by Crippen LogP contribution is -2.50. The van der Waals surface area contributed by atoms with E-state index in [1.807, 2.05) is 9.80 Å². The van der Waals surface area contributed by atoms with Gasteiger partial charge in [-0.1, -0.05) is 34.1 Å². The van der Waals surface area contributed by atoms with Crippen molar-refractivity contribution in [1.29, 1.82) is 0 Å². The van der Waals surface area contributed by atoms with Gasteiger partial charge in [0.1, 0.15) is 0 Å². The number of halogens is 1. The molecule has 1 aliphatic heterocycles. The number of nitrogens with one attached hydrogen (secondary N) is 2. The molecular formula is C22H44IN5O2. The maximum atomic E-state index is 12.4. The van der Waals surface area contributed by atoms with Gasteiger partial charge in [0.25, 0.3) is 0 Å². The topological polar surface area (TPSA) is 77.0 Å². The Bertz CT molecular complexity index is 518. The lowest BCUT2D eigenvalue weighted by Gasteiger charge is -2.35. The quantitative estimate of drug-likeness (QED) is 0.184. The van der Waals surface area contributed by atoms with Crippen LogP contribution < -0.4 is 10.6 Å². The minimum atomic E-state index is 0. The van der Waals surface area contributed by atoms with Gasteiger partial charge in [-0.05, 0) is 31.6 Å². The fourth-order valence-electron chi connectivity index (χ4n) is 3.24. The molecule has 0 aromatic rings. The third kappa shape index (κ3) is 12.6. The molecule has 1 aliphatic rings. The highest BCUT2D eigenvalue weighted by Crippen LogP contribution is 2.10. The molecule has 1 fully saturated rings. The Morgan fingerprint density at radius 3 is 2.00 bits per heavy atom. The largest absolute Gasteiger partial charge is 0.357 e. The van der Waals surface area contributed by atoms with Gasteiger partial charge in [-0.25, -0.2) is 0 Å². The van der Waals surface area contributed by atoms with Gasteiger partial charge in [0.2, 0.25) is 11.8 Å². The number of guanidine groups is 1. The molecule has 176 valence electrons. The number of rotatable bonds is 11. The molecule has 0 spiro atoms.